The molecule has 1 aliphatic heterocycles. The van der Waals surface area contributed by atoms with Crippen LogP contribution >= 0.6 is 23.2 Å². The largest absolute Gasteiger partial charge is 0.324 e. The fourth-order valence-electron chi connectivity index (χ4n) is 3.34. The average molecular weight is 456 g/mol. The van der Waals surface area contributed by atoms with Crippen LogP contribution in [0, 0.1) is 13.8 Å². The lowest BCUT2D eigenvalue weighted by molar-refractivity contribution is -0.117. The first-order chi connectivity index (χ1) is 13.7. The molecule has 0 aliphatic carbocycles. The van der Waals surface area contributed by atoms with Gasteiger partial charge in [-0.05, 0) is 43.7 Å². The molecule has 0 bridgehead atoms. The number of carbonyl (C=O) groups excluding carboxylic acids is 1. The Bertz CT molecular complexity index is 1020. The van der Waals surface area contributed by atoms with Gasteiger partial charge in [0, 0.05) is 31.2 Å². The molecule has 1 saturated heterocycles. The summed E-state index contributed by atoms with van der Waals surface area (Å²) in [5, 5.41) is 3.63. The number of nitrogens with zero attached hydrogens (tertiary/aromatic N) is 2. The van der Waals surface area contributed by atoms with Crippen molar-refractivity contribution in [3.8, 4) is 0 Å². The summed E-state index contributed by atoms with van der Waals surface area (Å²) in [5.41, 5.74) is 2.27. The molecule has 0 spiro atoms. The summed E-state index contributed by atoms with van der Waals surface area (Å²) >= 11 is 11.9. The molecule has 0 saturated carbocycles. The van der Waals surface area contributed by atoms with E-state index >= 15 is 0 Å². The highest BCUT2D eigenvalue weighted by Crippen LogP contribution is 2.25. The Hall–Kier alpha value is -1.64. The van der Waals surface area contributed by atoms with Crippen LogP contribution in [0.1, 0.15) is 11.1 Å². The van der Waals surface area contributed by atoms with Crippen molar-refractivity contribution in [2.45, 2.75) is 18.7 Å². The van der Waals surface area contributed by atoms with Gasteiger partial charge in [0.2, 0.25) is 15.9 Å². The Morgan fingerprint density at radius 1 is 1.03 bits per heavy atom. The van der Waals surface area contributed by atoms with Crippen molar-refractivity contribution in [2.24, 2.45) is 0 Å². The minimum atomic E-state index is -3.54. The summed E-state index contributed by atoms with van der Waals surface area (Å²) < 4.78 is 27.4. The van der Waals surface area contributed by atoms with Crippen LogP contribution in [0.15, 0.2) is 41.3 Å². The van der Waals surface area contributed by atoms with Crippen molar-refractivity contribution in [1.29, 1.82) is 0 Å². The number of halogens is 2. The van der Waals surface area contributed by atoms with Crippen LogP contribution in [-0.2, 0) is 14.8 Å². The third-order valence-corrected chi connectivity index (χ3v) is 7.46. The first-order valence-electron chi connectivity index (χ1n) is 9.21. The second-order valence-electron chi connectivity index (χ2n) is 7.12. The number of rotatable bonds is 5. The molecule has 1 N–H and O–H groups in total. The highest BCUT2D eigenvalue weighted by atomic mass is 35.5. The molecule has 1 amide bonds. The topological polar surface area (TPSA) is 69.7 Å². The van der Waals surface area contributed by atoms with Crippen LogP contribution in [0.3, 0.4) is 0 Å². The summed E-state index contributed by atoms with van der Waals surface area (Å²) in [6.07, 6.45) is 0. The lowest BCUT2D eigenvalue weighted by Gasteiger charge is -2.33. The van der Waals surface area contributed by atoms with Gasteiger partial charge >= 0.3 is 0 Å². The Labute approximate surface area is 181 Å². The number of hydrogen-bond donors (Lipinski definition) is 1. The van der Waals surface area contributed by atoms with Gasteiger partial charge in [0.1, 0.15) is 0 Å². The fraction of sp³-hybridized carbons (Fsp3) is 0.350. The normalized spacial score (nSPS) is 16.0. The lowest BCUT2D eigenvalue weighted by Crippen LogP contribution is -2.50. The average Bonchev–Trinajstić information content (AvgIpc) is 2.64. The minimum Gasteiger partial charge on any atom is -0.324 e. The second kappa shape index (κ2) is 9.02. The predicted molar refractivity (Wildman–Crippen MR) is 116 cm³/mol. The third kappa shape index (κ3) is 5.29. The molecule has 0 radical (unpaired) electrons. The van der Waals surface area contributed by atoms with E-state index in [1.54, 1.807) is 24.3 Å². The van der Waals surface area contributed by atoms with Gasteiger partial charge in [-0.15, -0.1) is 0 Å². The van der Waals surface area contributed by atoms with Gasteiger partial charge in [-0.3, -0.25) is 9.69 Å². The van der Waals surface area contributed by atoms with Gasteiger partial charge in [-0.25, -0.2) is 8.42 Å². The number of aryl methyl sites for hydroxylation is 2. The Morgan fingerprint density at radius 2 is 1.72 bits per heavy atom. The van der Waals surface area contributed by atoms with Crippen molar-refractivity contribution < 1.29 is 13.2 Å². The van der Waals surface area contributed by atoms with E-state index in [1.165, 1.54) is 4.31 Å². The van der Waals surface area contributed by atoms with Gasteiger partial charge in [0.05, 0.1) is 22.2 Å². The standard InChI is InChI=1S/C20H23Cl2N3O3S/c1-14-3-6-19(15(2)11-14)29(27,28)25-9-7-24(8-10-25)13-20(26)23-18-5-4-16(21)12-17(18)22/h3-6,11-12H,7-10,13H2,1-2H3,(H,23,26). The number of benzene rings is 2. The number of sulfonamides is 1. The first kappa shape index (κ1) is 22.1. The van der Waals surface area contributed by atoms with Gasteiger partial charge in [0.25, 0.3) is 0 Å². The molecule has 0 aromatic heterocycles. The lowest BCUT2D eigenvalue weighted by atomic mass is 10.2. The summed E-state index contributed by atoms with van der Waals surface area (Å²) in [4.78, 5) is 14.6. The van der Waals surface area contributed by atoms with E-state index in [4.69, 9.17) is 23.2 Å². The Balaban J connectivity index is 1.58. The van der Waals surface area contributed by atoms with Gasteiger partial charge in [-0.1, -0.05) is 40.9 Å². The van der Waals surface area contributed by atoms with Gasteiger partial charge in [-0.2, -0.15) is 4.31 Å². The van der Waals surface area contributed by atoms with Crippen LogP contribution in [0.4, 0.5) is 5.69 Å². The number of carbonyl (C=O) groups is 1. The van der Waals surface area contributed by atoms with Crippen molar-refractivity contribution in [3.63, 3.8) is 0 Å². The van der Waals surface area contributed by atoms with E-state index in [0.29, 0.717) is 46.8 Å². The molecule has 0 atom stereocenters. The smallest absolute Gasteiger partial charge is 0.243 e. The molecule has 6 nitrogen and oxygen atoms in total. The van der Waals surface area contributed by atoms with Gasteiger partial charge in [0.15, 0.2) is 0 Å². The maximum absolute atomic E-state index is 13.0. The zero-order chi connectivity index (χ0) is 21.2. The Kier molecular flexibility index (Phi) is 6.86. The predicted octanol–water partition coefficient (Wildman–Crippen LogP) is 3.56. The highest BCUT2D eigenvalue weighted by Gasteiger charge is 2.30. The van der Waals surface area contributed by atoms with Crippen LogP contribution in [0.5, 0.6) is 0 Å². The van der Waals surface area contributed by atoms with Crippen molar-refractivity contribution in [2.75, 3.05) is 38.0 Å². The molecule has 9 heteroatoms. The molecule has 29 heavy (non-hydrogen) atoms. The van der Waals surface area contributed by atoms with Crippen molar-refractivity contribution >= 4 is 44.8 Å². The summed E-state index contributed by atoms with van der Waals surface area (Å²) in [7, 11) is -3.54. The second-order valence-corrected chi connectivity index (χ2v) is 9.87. The number of anilines is 1. The number of piperazine rings is 1. The maximum atomic E-state index is 13.0. The zero-order valence-corrected chi connectivity index (χ0v) is 18.6. The van der Waals surface area contributed by atoms with Gasteiger partial charge < -0.3 is 5.32 Å². The van der Waals surface area contributed by atoms with Crippen molar-refractivity contribution in [3.05, 3.63) is 57.6 Å². The molecule has 3 rings (SSSR count). The maximum Gasteiger partial charge on any atom is 0.243 e. The Morgan fingerprint density at radius 3 is 2.34 bits per heavy atom. The van der Waals surface area contributed by atoms with E-state index in [9.17, 15) is 13.2 Å². The van der Waals surface area contributed by atoms with E-state index in [0.717, 1.165) is 11.1 Å². The number of amides is 1. The monoisotopic (exact) mass is 455 g/mol. The SMILES string of the molecule is Cc1ccc(S(=O)(=O)N2CCN(CC(=O)Nc3ccc(Cl)cc3Cl)CC2)c(C)c1. The molecule has 1 aliphatic rings. The summed E-state index contributed by atoms with van der Waals surface area (Å²) in [6, 6.07) is 10.2. The number of hydrogen-bond acceptors (Lipinski definition) is 4. The van der Waals surface area contributed by atoms with E-state index in [2.05, 4.69) is 5.32 Å². The van der Waals surface area contributed by atoms with Crippen molar-refractivity contribution in [1.82, 2.24) is 9.21 Å². The quantitative estimate of drug-likeness (QED) is 0.747. The molecule has 2 aromatic carbocycles. The first-order valence-corrected chi connectivity index (χ1v) is 11.4. The molecular formula is C20H23Cl2N3O3S. The fourth-order valence-corrected chi connectivity index (χ4v) is 5.42. The van der Waals surface area contributed by atoms with Crippen LogP contribution in [0.25, 0.3) is 0 Å². The highest BCUT2D eigenvalue weighted by molar-refractivity contribution is 7.89. The molecule has 2 aromatic rings. The molecule has 156 valence electrons. The minimum absolute atomic E-state index is 0.163. The van der Waals surface area contributed by atoms with Crippen LogP contribution < -0.4 is 5.32 Å². The zero-order valence-electron chi connectivity index (χ0n) is 16.3. The molecule has 1 heterocycles. The van der Waals surface area contributed by atoms with E-state index in [-0.39, 0.29) is 12.5 Å². The summed E-state index contributed by atoms with van der Waals surface area (Å²) in [6.45, 7) is 5.54. The van der Waals surface area contributed by atoms with Crippen LogP contribution in [0.2, 0.25) is 10.0 Å². The molecule has 1 fully saturated rings. The van der Waals surface area contributed by atoms with E-state index in [1.807, 2.05) is 30.9 Å². The van der Waals surface area contributed by atoms with E-state index < -0.39 is 10.0 Å². The molecular weight excluding hydrogens is 433 g/mol. The molecule has 0 unspecified atom stereocenters. The third-order valence-electron chi connectivity index (χ3n) is 4.85. The van der Waals surface area contributed by atoms with Crippen LogP contribution in [-0.4, -0.2) is 56.3 Å². The number of nitrogens with one attached hydrogen (secondary N) is 1. The summed E-state index contributed by atoms with van der Waals surface area (Å²) in [5.74, 6) is -0.208.